The number of benzene rings is 2. The first-order valence-corrected chi connectivity index (χ1v) is 9.90. The summed E-state index contributed by atoms with van der Waals surface area (Å²) in [6.45, 7) is 6.31. The first-order valence-electron chi connectivity index (χ1n) is 9.90. The van der Waals surface area contributed by atoms with Crippen molar-refractivity contribution < 1.29 is 9.59 Å². The molecule has 2 unspecified atom stereocenters. The standard InChI is InChI=1S/C24H28N2O2/c1-4-18(2)26(17-20-10-6-5-7-11-20)24(28)16-23-22-13-9-8-12-21(22)14-15-25(23)19(3)27/h5-15,18,23H,4,16-17H2,1-3H3. The van der Waals surface area contributed by atoms with E-state index in [1.165, 1.54) is 0 Å². The predicted octanol–water partition coefficient (Wildman–Crippen LogP) is 4.78. The van der Waals surface area contributed by atoms with Gasteiger partial charge >= 0.3 is 0 Å². The number of carbonyl (C=O) groups is 2. The third-order valence-corrected chi connectivity index (χ3v) is 5.48. The third-order valence-electron chi connectivity index (χ3n) is 5.48. The van der Waals surface area contributed by atoms with Crippen LogP contribution >= 0.6 is 0 Å². The maximum absolute atomic E-state index is 13.4. The molecule has 2 amide bonds. The Morgan fingerprint density at radius 3 is 2.43 bits per heavy atom. The Morgan fingerprint density at radius 1 is 1.07 bits per heavy atom. The van der Waals surface area contributed by atoms with E-state index in [1.807, 2.05) is 65.6 Å². The lowest BCUT2D eigenvalue weighted by Gasteiger charge is -2.35. The zero-order chi connectivity index (χ0) is 20.1. The Morgan fingerprint density at radius 2 is 1.75 bits per heavy atom. The lowest BCUT2D eigenvalue weighted by atomic mass is 9.93. The van der Waals surface area contributed by atoms with Gasteiger partial charge in [-0.3, -0.25) is 9.59 Å². The average molecular weight is 377 g/mol. The minimum atomic E-state index is -0.270. The van der Waals surface area contributed by atoms with Gasteiger partial charge in [-0.2, -0.15) is 0 Å². The molecule has 0 N–H and O–H groups in total. The molecule has 0 radical (unpaired) electrons. The molecule has 1 heterocycles. The lowest BCUT2D eigenvalue weighted by Crippen LogP contribution is -2.41. The highest BCUT2D eigenvalue weighted by Crippen LogP contribution is 2.33. The van der Waals surface area contributed by atoms with Crippen molar-refractivity contribution >= 4 is 17.9 Å². The molecule has 2 atom stereocenters. The molecule has 0 aromatic heterocycles. The summed E-state index contributed by atoms with van der Waals surface area (Å²) in [6.07, 6.45) is 4.90. The summed E-state index contributed by atoms with van der Waals surface area (Å²) in [5, 5.41) is 0. The van der Waals surface area contributed by atoms with Crippen LogP contribution in [0.25, 0.3) is 6.08 Å². The maximum Gasteiger partial charge on any atom is 0.225 e. The second-order valence-corrected chi connectivity index (χ2v) is 7.36. The molecule has 3 rings (SSSR count). The SMILES string of the molecule is CCC(C)N(Cc1ccccc1)C(=O)CC1c2ccccc2C=CN1C(C)=O. The number of amides is 2. The first kappa shape index (κ1) is 19.9. The molecule has 0 spiro atoms. The van der Waals surface area contributed by atoms with Gasteiger partial charge in [0.1, 0.15) is 0 Å². The van der Waals surface area contributed by atoms with Crippen molar-refractivity contribution in [1.82, 2.24) is 9.80 Å². The smallest absolute Gasteiger partial charge is 0.225 e. The summed E-state index contributed by atoms with van der Waals surface area (Å²) in [5.41, 5.74) is 3.21. The van der Waals surface area contributed by atoms with Crippen molar-refractivity contribution in [3.8, 4) is 0 Å². The molecule has 0 saturated carbocycles. The van der Waals surface area contributed by atoms with Crippen LogP contribution in [0.4, 0.5) is 0 Å². The quantitative estimate of drug-likeness (QED) is 0.728. The van der Waals surface area contributed by atoms with Crippen molar-refractivity contribution in [1.29, 1.82) is 0 Å². The molecule has 4 heteroatoms. The van der Waals surface area contributed by atoms with Gasteiger partial charge in [0.15, 0.2) is 0 Å². The van der Waals surface area contributed by atoms with Crippen LogP contribution in [0.1, 0.15) is 56.3 Å². The van der Waals surface area contributed by atoms with Crippen LogP contribution in [0.2, 0.25) is 0 Å². The van der Waals surface area contributed by atoms with Gasteiger partial charge in [0.05, 0.1) is 12.5 Å². The minimum Gasteiger partial charge on any atom is -0.336 e. The van der Waals surface area contributed by atoms with Crippen LogP contribution in [0.5, 0.6) is 0 Å². The Kier molecular flexibility index (Phi) is 6.30. The van der Waals surface area contributed by atoms with E-state index in [1.54, 1.807) is 18.0 Å². The highest BCUT2D eigenvalue weighted by molar-refractivity contribution is 5.82. The van der Waals surface area contributed by atoms with Crippen LogP contribution in [-0.4, -0.2) is 27.7 Å². The summed E-state index contributed by atoms with van der Waals surface area (Å²) in [7, 11) is 0. The van der Waals surface area contributed by atoms with Gasteiger partial charge in [0, 0.05) is 25.7 Å². The first-order chi connectivity index (χ1) is 13.5. The number of carbonyl (C=O) groups excluding carboxylic acids is 2. The molecule has 0 saturated heterocycles. The predicted molar refractivity (Wildman–Crippen MR) is 112 cm³/mol. The zero-order valence-electron chi connectivity index (χ0n) is 16.8. The van der Waals surface area contributed by atoms with Crippen LogP contribution in [-0.2, 0) is 16.1 Å². The normalized spacial score (nSPS) is 16.4. The van der Waals surface area contributed by atoms with E-state index in [0.717, 1.165) is 23.1 Å². The van der Waals surface area contributed by atoms with Crippen molar-refractivity contribution in [3.63, 3.8) is 0 Å². The van der Waals surface area contributed by atoms with E-state index in [-0.39, 0.29) is 30.3 Å². The number of fused-ring (bicyclic) bond motifs is 1. The zero-order valence-corrected chi connectivity index (χ0v) is 16.8. The van der Waals surface area contributed by atoms with E-state index in [2.05, 4.69) is 13.8 Å². The summed E-state index contributed by atoms with van der Waals surface area (Å²) < 4.78 is 0. The van der Waals surface area contributed by atoms with Crippen LogP contribution in [0.3, 0.4) is 0 Å². The molecule has 146 valence electrons. The Labute approximate surface area is 167 Å². The fourth-order valence-electron chi connectivity index (χ4n) is 3.69. The van der Waals surface area contributed by atoms with Crippen molar-refractivity contribution in [2.24, 2.45) is 0 Å². The molecule has 2 aromatic rings. The van der Waals surface area contributed by atoms with Gasteiger partial charge in [-0.05, 0) is 36.1 Å². The monoisotopic (exact) mass is 376 g/mol. The number of nitrogens with zero attached hydrogens (tertiary/aromatic N) is 2. The minimum absolute atomic E-state index is 0.0540. The van der Waals surface area contributed by atoms with Gasteiger partial charge in [0.2, 0.25) is 11.8 Å². The summed E-state index contributed by atoms with van der Waals surface area (Å²) >= 11 is 0. The summed E-state index contributed by atoms with van der Waals surface area (Å²) in [5.74, 6) is 0.0151. The van der Waals surface area contributed by atoms with Crippen LogP contribution in [0, 0.1) is 0 Å². The summed E-state index contributed by atoms with van der Waals surface area (Å²) in [6, 6.07) is 17.9. The van der Waals surface area contributed by atoms with Gasteiger partial charge in [-0.15, -0.1) is 0 Å². The molecular weight excluding hydrogens is 348 g/mol. The Balaban J connectivity index is 1.86. The van der Waals surface area contributed by atoms with Crippen molar-refractivity contribution in [2.75, 3.05) is 0 Å². The molecule has 4 nitrogen and oxygen atoms in total. The van der Waals surface area contributed by atoms with Crippen molar-refractivity contribution in [2.45, 2.75) is 52.2 Å². The number of hydrogen-bond donors (Lipinski definition) is 0. The fraction of sp³-hybridized carbons (Fsp3) is 0.333. The van der Waals surface area contributed by atoms with Gasteiger partial charge in [-0.1, -0.05) is 61.5 Å². The Hall–Kier alpha value is -2.88. The maximum atomic E-state index is 13.4. The highest BCUT2D eigenvalue weighted by Gasteiger charge is 2.30. The number of rotatable bonds is 6. The summed E-state index contributed by atoms with van der Waals surface area (Å²) in [4.78, 5) is 29.2. The van der Waals surface area contributed by atoms with E-state index in [9.17, 15) is 9.59 Å². The molecule has 0 bridgehead atoms. The van der Waals surface area contributed by atoms with E-state index < -0.39 is 0 Å². The second-order valence-electron chi connectivity index (χ2n) is 7.36. The van der Waals surface area contributed by atoms with Crippen molar-refractivity contribution in [3.05, 3.63) is 77.5 Å². The molecule has 0 aliphatic carbocycles. The fourth-order valence-corrected chi connectivity index (χ4v) is 3.69. The second kappa shape index (κ2) is 8.87. The van der Waals surface area contributed by atoms with Gasteiger partial charge in [-0.25, -0.2) is 0 Å². The van der Waals surface area contributed by atoms with E-state index in [0.29, 0.717) is 6.54 Å². The van der Waals surface area contributed by atoms with E-state index >= 15 is 0 Å². The molecular formula is C24H28N2O2. The number of hydrogen-bond acceptors (Lipinski definition) is 2. The molecule has 1 aliphatic heterocycles. The third kappa shape index (κ3) is 4.33. The van der Waals surface area contributed by atoms with Gasteiger partial charge in [0.25, 0.3) is 0 Å². The molecule has 0 fully saturated rings. The lowest BCUT2D eigenvalue weighted by molar-refractivity contribution is -0.136. The Bertz CT molecular complexity index is 860. The highest BCUT2D eigenvalue weighted by atomic mass is 16.2. The van der Waals surface area contributed by atoms with E-state index in [4.69, 9.17) is 0 Å². The van der Waals surface area contributed by atoms with Gasteiger partial charge < -0.3 is 9.80 Å². The topological polar surface area (TPSA) is 40.6 Å². The molecule has 1 aliphatic rings. The largest absolute Gasteiger partial charge is 0.336 e. The molecule has 2 aromatic carbocycles. The van der Waals surface area contributed by atoms with Crippen LogP contribution < -0.4 is 0 Å². The average Bonchev–Trinajstić information content (AvgIpc) is 2.72. The molecule has 28 heavy (non-hydrogen) atoms. The van der Waals surface area contributed by atoms with Crippen LogP contribution in [0.15, 0.2) is 60.8 Å².